The van der Waals surface area contributed by atoms with Gasteiger partial charge in [-0.15, -0.1) is 0 Å². The highest BCUT2D eigenvalue weighted by Gasteiger charge is 2.48. The van der Waals surface area contributed by atoms with Gasteiger partial charge < -0.3 is 16.2 Å². The summed E-state index contributed by atoms with van der Waals surface area (Å²) in [7, 11) is 0. The van der Waals surface area contributed by atoms with Crippen LogP contribution in [0.2, 0.25) is 0 Å². The molecule has 0 amide bonds. The van der Waals surface area contributed by atoms with Crippen LogP contribution in [0.25, 0.3) is 0 Å². The number of hydrogen-bond acceptors (Lipinski definition) is 3. The minimum atomic E-state index is -0.227. The summed E-state index contributed by atoms with van der Waals surface area (Å²) in [5.41, 5.74) is 13.7. The van der Waals surface area contributed by atoms with Crippen LogP contribution in [0.5, 0.6) is 5.75 Å². The minimum Gasteiger partial charge on any atom is -0.487 e. The third-order valence-corrected chi connectivity index (χ3v) is 3.73. The fourth-order valence-corrected chi connectivity index (χ4v) is 1.91. The van der Waals surface area contributed by atoms with Gasteiger partial charge in [-0.25, -0.2) is 0 Å². The molecule has 0 radical (unpaired) electrons. The molecular weight excluding hydrogens is 200 g/mol. The molecule has 1 heterocycles. The highest BCUT2D eigenvalue weighted by Crippen LogP contribution is 2.50. The van der Waals surface area contributed by atoms with Gasteiger partial charge in [-0.1, -0.05) is 21.3 Å². The summed E-state index contributed by atoms with van der Waals surface area (Å²) >= 11 is 0. The maximum atomic E-state index is 5.91. The summed E-state index contributed by atoms with van der Waals surface area (Å²) in [5, 5.41) is 0. The smallest absolute Gasteiger partial charge is 0.126 e. The third kappa shape index (κ3) is 1.42. The van der Waals surface area contributed by atoms with Crippen LogP contribution in [0, 0.1) is 0 Å². The molecule has 0 atom stereocenters. The number of hydrogen-bond donors (Lipinski definition) is 2. The zero-order valence-corrected chi connectivity index (χ0v) is 9.72. The van der Waals surface area contributed by atoms with Gasteiger partial charge in [0.25, 0.3) is 0 Å². The van der Waals surface area contributed by atoms with Crippen molar-refractivity contribution in [3.8, 4) is 5.75 Å². The van der Waals surface area contributed by atoms with Gasteiger partial charge in [0.15, 0.2) is 0 Å². The van der Waals surface area contributed by atoms with Crippen LogP contribution in [0.1, 0.15) is 40.7 Å². The first-order valence-electron chi connectivity index (χ1n) is 5.14. The van der Waals surface area contributed by atoms with Crippen molar-refractivity contribution < 1.29 is 4.74 Å². The monoisotopic (exact) mass is 222 g/mol. The Morgan fingerprint density at radius 3 is 2.06 bits per heavy atom. The molecule has 1 aliphatic heterocycles. The molecule has 0 spiro atoms. The van der Waals surface area contributed by atoms with Crippen molar-refractivity contribution in [3.63, 3.8) is 0 Å². The Labute approximate surface area is 97.8 Å². The topological polar surface area (TPSA) is 61.3 Å². The maximum Gasteiger partial charge on any atom is 0.126 e. The Morgan fingerprint density at radius 1 is 1.00 bits per heavy atom. The van der Waals surface area contributed by atoms with Crippen LogP contribution in [-0.4, -0.2) is 5.60 Å². The van der Waals surface area contributed by atoms with Crippen molar-refractivity contribution in [1.29, 1.82) is 0 Å². The summed E-state index contributed by atoms with van der Waals surface area (Å²) in [6.45, 7) is 8.49. The van der Waals surface area contributed by atoms with Gasteiger partial charge in [0.1, 0.15) is 11.4 Å². The van der Waals surface area contributed by atoms with Gasteiger partial charge in [0.2, 0.25) is 0 Å². The molecule has 3 heteroatoms. The molecule has 0 unspecified atom stereocenters. The van der Waals surface area contributed by atoms with Gasteiger partial charge in [0, 0.05) is 17.0 Å². The molecule has 0 aromatic heterocycles. The number of ether oxygens (including phenoxy) is 1. The number of fused-ring (bicyclic) bond motifs is 1. The van der Waals surface area contributed by atoms with E-state index >= 15 is 0 Å². The summed E-state index contributed by atoms with van der Waals surface area (Å²) in [6.07, 6.45) is 0. The summed E-state index contributed by atoms with van der Waals surface area (Å²) in [5.74, 6) is 0.858. The van der Waals surface area contributed by atoms with Crippen molar-refractivity contribution >= 4 is 11.4 Å². The second kappa shape index (κ2) is 3.30. The van der Waals surface area contributed by atoms with Crippen molar-refractivity contribution in [3.05, 3.63) is 17.7 Å². The third-order valence-electron chi connectivity index (χ3n) is 3.73. The summed E-state index contributed by atoms with van der Waals surface area (Å²) in [4.78, 5) is 0. The van der Waals surface area contributed by atoms with Crippen LogP contribution < -0.4 is 16.2 Å². The van der Waals surface area contributed by atoms with Gasteiger partial charge >= 0.3 is 0 Å². The average molecular weight is 222 g/mol. The molecule has 90 valence electrons. The fourth-order valence-electron chi connectivity index (χ4n) is 1.91. The molecule has 1 aliphatic rings. The number of rotatable bonds is 0. The summed E-state index contributed by atoms with van der Waals surface area (Å²) in [6, 6.07) is 3.75. The molecule has 1 aromatic carbocycles. The lowest BCUT2D eigenvalue weighted by Gasteiger charge is -2.33. The van der Waals surface area contributed by atoms with Crippen molar-refractivity contribution in [1.82, 2.24) is 0 Å². The Morgan fingerprint density at radius 2 is 1.50 bits per heavy atom. The van der Waals surface area contributed by atoms with Gasteiger partial charge in [-0.2, -0.15) is 0 Å². The Kier molecular flexibility index (Phi) is 2.62. The fraction of sp³-hybridized carbons (Fsp3) is 0.538. The number of nitrogen functional groups attached to an aromatic ring is 2. The molecule has 0 fully saturated rings. The molecular formula is C13H22N2O. The zero-order chi connectivity index (χ0) is 11.4. The van der Waals surface area contributed by atoms with Gasteiger partial charge in [0.05, 0.1) is 11.4 Å². The lowest BCUT2D eigenvalue weighted by molar-refractivity contribution is 0.0713. The minimum absolute atomic E-state index is 0. The van der Waals surface area contributed by atoms with Crippen LogP contribution in [-0.2, 0) is 5.41 Å². The van der Waals surface area contributed by atoms with E-state index in [4.69, 9.17) is 16.2 Å². The van der Waals surface area contributed by atoms with E-state index in [1.165, 1.54) is 0 Å². The summed E-state index contributed by atoms with van der Waals surface area (Å²) < 4.78 is 5.91. The van der Waals surface area contributed by atoms with Crippen LogP contribution in [0.3, 0.4) is 0 Å². The van der Waals surface area contributed by atoms with Crippen LogP contribution in [0.15, 0.2) is 12.1 Å². The predicted molar refractivity (Wildman–Crippen MR) is 69.7 cm³/mol. The Bertz CT molecular complexity index is 422. The van der Waals surface area contributed by atoms with E-state index in [0.29, 0.717) is 11.4 Å². The SMILES string of the molecule is C.CC1(C)Oc2cc(N)c(N)cc2C1(C)C. The van der Waals surface area contributed by atoms with Gasteiger partial charge in [-0.05, 0) is 19.9 Å². The molecule has 0 aliphatic carbocycles. The average Bonchev–Trinajstić information content (AvgIpc) is 2.24. The van der Waals surface area contributed by atoms with E-state index in [1.807, 2.05) is 12.1 Å². The largest absolute Gasteiger partial charge is 0.487 e. The standard InChI is InChI=1S/C12H18N2O.CH4/c1-11(2)7-5-8(13)9(14)6-10(7)15-12(11,3)4;/h5-6H,13-14H2,1-4H3;1H4. The molecule has 16 heavy (non-hydrogen) atoms. The van der Waals surface area contributed by atoms with Gasteiger partial charge in [-0.3, -0.25) is 0 Å². The zero-order valence-electron chi connectivity index (χ0n) is 9.72. The van der Waals surface area contributed by atoms with E-state index in [0.717, 1.165) is 11.3 Å². The number of nitrogens with two attached hydrogens (primary N) is 2. The van der Waals surface area contributed by atoms with E-state index in [1.54, 1.807) is 0 Å². The number of benzene rings is 1. The van der Waals surface area contributed by atoms with E-state index in [9.17, 15) is 0 Å². The first-order valence-corrected chi connectivity index (χ1v) is 5.14. The Hall–Kier alpha value is -1.38. The predicted octanol–water partition coefficient (Wildman–Crippen LogP) is 2.94. The van der Waals surface area contributed by atoms with Crippen LogP contribution >= 0.6 is 0 Å². The molecule has 0 saturated carbocycles. The van der Waals surface area contributed by atoms with Crippen molar-refractivity contribution in [2.75, 3.05) is 11.5 Å². The van der Waals surface area contributed by atoms with E-state index < -0.39 is 0 Å². The second-order valence-electron chi connectivity index (χ2n) is 5.21. The molecule has 4 N–H and O–H groups in total. The highest BCUT2D eigenvalue weighted by atomic mass is 16.5. The van der Waals surface area contributed by atoms with Crippen molar-refractivity contribution in [2.24, 2.45) is 0 Å². The maximum absolute atomic E-state index is 5.91. The van der Waals surface area contributed by atoms with Crippen molar-refractivity contribution in [2.45, 2.75) is 46.1 Å². The first-order chi connectivity index (χ1) is 6.75. The molecule has 0 bridgehead atoms. The van der Waals surface area contributed by atoms with Crippen LogP contribution in [0.4, 0.5) is 11.4 Å². The Balaban J connectivity index is 0.00000128. The lowest BCUT2D eigenvalue weighted by atomic mass is 9.74. The molecule has 2 rings (SSSR count). The number of anilines is 2. The lowest BCUT2D eigenvalue weighted by Crippen LogP contribution is -2.41. The molecule has 3 nitrogen and oxygen atoms in total. The van der Waals surface area contributed by atoms with E-state index in [-0.39, 0.29) is 18.4 Å². The quantitative estimate of drug-likeness (QED) is 0.663. The van der Waals surface area contributed by atoms with E-state index in [2.05, 4.69) is 27.7 Å². The second-order valence-corrected chi connectivity index (χ2v) is 5.21. The molecule has 1 aromatic rings. The highest BCUT2D eigenvalue weighted by molar-refractivity contribution is 5.69. The molecule has 0 saturated heterocycles. The normalized spacial score (nSPS) is 19.5. The first kappa shape index (κ1) is 12.7.